The molecule has 0 spiro atoms. The first-order valence-corrected chi connectivity index (χ1v) is 7.34. The van der Waals surface area contributed by atoms with E-state index in [9.17, 15) is 9.18 Å². The number of hydrogen-bond donors (Lipinski definition) is 1. The number of carbonyl (C=O) groups is 1. The summed E-state index contributed by atoms with van der Waals surface area (Å²) in [7, 11) is 0. The molecule has 0 atom stereocenters. The predicted octanol–water partition coefficient (Wildman–Crippen LogP) is 3.21. The molecule has 2 rings (SSSR count). The van der Waals surface area contributed by atoms with Crippen molar-refractivity contribution in [3.63, 3.8) is 0 Å². The highest BCUT2D eigenvalue weighted by atomic mass is 19.1. The summed E-state index contributed by atoms with van der Waals surface area (Å²) in [5.41, 5.74) is 0.435. The van der Waals surface area contributed by atoms with Gasteiger partial charge in [0.15, 0.2) is 0 Å². The molecule has 0 bridgehead atoms. The van der Waals surface area contributed by atoms with Gasteiger partial charge in [0, 0.05) is 24.8 Å². The first kappa shape index (κ1) is 15.8. The summed E-state index contributed by atoms with van der Waals surface area (Å²) in [6.45, 7) is 6.95. The SMILES string of the molecule is CC(C)(C)C(=O)ON1CCC(Nc2ccc(F)cc2)CC1. The van der Waals surface area contributed by atoms with Gasteiger partial charge >= 0.3 is 5.97 Å². The summed E-state index contributed by atoms with van der Waals surface area (Å²) in [5.74, 6) is -0.433. The lowest BCUT2D eigenvalue weighted by Crippen LogP contribution is -2.42. The molecule has 1 aromatic rings. The van der Waals surface area contributed by atoms with Gasteiger partial charge in [-0.15, -0.1) is 5.06 Å². The van der Waals surface area contributed by atoms with Crippen molar-refractivity contribution >= 4 is 11.7 Å². The van der Waals surface area contributed by atoms with Crippen LogP contribution in [0.5, 0.6) is 0 Å². The number of hydroxylamine groups is 2. The van der Waals surface area contributed by atoms with Crippen molar-refractivity contribution < 1.29 is 14.0 Å². The normalized spacial score (nSPS) is 17.5. The van der Waals surface area contributed by atoms with Crippen molar-refractivity contribution in [1.82, 2.24) is 5.06 Å². The third-order valence-corrected chi connectivity index (χ3v) is 3.49. The van der Waals surface area contributed by atoms with Crippen molar-refractivity contribution in [2.45, 2.75) is 39.7 Å². The molecule has 1 fully saturated rings. The Bertz CT molecular complexity index is 474. The lowest BCUT2D eigenvalue weighted by molar-refractivity contribution is -0.204. The second-order valence-electron chi connectivity index (χ2n) is 6.48. The van der Waals surface area contributed by atoms with Crippen LogP contribution in [0, 0.1) is 11.2 Å². The van der Waals surface area contributed by atoms with Crippen LogP contribution < -0.4 is 5.32 Å². The highest BCUT2D eigenvalue weighted by Crippen LogP contribution is 2.20. The second kappa shape index (κ2) is 6.43. The van der Waals surface area contributed by atoms with Gasteiger partial charge in [-0.3, -0.25) is 0 Å². The largest absolute Gasteiger partial charge is 0.382 e. The van der Waals surface area contributed by atoms with E-state index in [2.05, 4.69) is 5.32 Å². The number of piperidine rings is 1. The van der Waals surface area contributed by atoms with E-state index >= 15 is 0 Å². The zero-order chi connectivity index (χ0) is 15.5. The lowest BCUT2D eigenvalue weighted by atomic mass is 9.98. The molecular weight excluding hydrogens is 271 g/mol. The minimum Gasteiger partial charge on any atom is -0.382 e. The first-order valence-electron chi connectivity index (χ1n) is 7.34. The first-order chi connectivity index (χ1) is 9.84. The van der Waals surface area contributed by atoms with Crippen molar-refractivity contribution in [3.05, 3.63) is 30.1 Å². The minimum atomic E-state index is -0.483. The topological polar surface area (TPSA) is 41.6 Å². The van der Waals surface area contributed by atoms with E-state index < -0.39 is 5.41 Å². The molecule has 1 aromatic carbocycles. The van der Waals surface area contributed by atoms with Crippen LogP contribution in [0.25, 0.3) is 0 Å². The van der Waals surface area contributed by atoms with Crippen molar-refractivity contribution in [2.75, 3.05) is 18.4 Å². The fourth-order valence-corrected chi connectivity index (χ4v) is 2.13. The van der Waals surface area contributed by atoms with Gasteiger partial charge in [-0.25, -0.2) is 9.18 Å². The molecule has 1 saturated heterocycles. The number of nitrogens with one attached hydrogen (secondary N) is 1. The smallest absolute Gasteiger partial charge is 0.330 e. The van der Waals surface area contributed by atoms with Crippen LogP contribution in [-0.4, -0.2) is 30.2 Å². The fourth-order valence-electron chi connectivity index (χ4n) is 2.13. The van der Waals surface area contributed by atoms with E-state index in [-0.39, 0.29) is 11.8 Å². The quantitative estimate of drug-likeness (QED) is 0.929. The van der Waals surface area contributed by atoms with Gasteiger partial charge < -0.3 is 10.2 Å². The van der Waals surface area contributed by atoms with Crippen molar-refractivity contribution in [3.8, 4) is 0 Å². The Hall–Kier alpha value is -1.62. The monoisotopic (exact) mass is 294 g/mol. The summed E-state index contributed by atoms with van der Waals surface area (Å²) in [5, 5.41) is 5.11. The van der Waals surface area contributed by atoms with Crippen LogP contribution in [0.4, 0.5) is 10.1 Å². The zero-order valence-electron chi connectivity index (χ0n) is 12.9. The van der Waals surface area contributed by atoms with E-state index in [0.717, 1.165) is 18.5 Å². The van der Waals surface area contributed by atoms with Gasteiger partial charge in [0.1, 0.15) is 5.82 Å². The molecule has 1 N–H and O–H groups in total. The van der Waals surface area contributed by atoms with Crippen molar-refractivity contribution in [2.24, 2.45) is 5.41 Å². The van der Waals surface area contributed by atoms with Gasteiger partial charge in [0.2, 0.25) is 0 Å². The number of halogens is 1. The molecule has 21 heavy (non-hydrogen) atoms. The molecular formula is C16H23FN2O2. The van der Waals surface area contributed by atoms with Crippen LogP contribution in [0.15, 0.2) is 24.3 Å². The fraction of sp³-hybridized carbons (Fsp3) is 0.562. The number of benzene rings is 1. The molecule has 0 saturated carbocycles. The van der Waals surface area contributed by atoms with E-state index in [1.807, 2.05) is 20.8 Å². The van der Waals surface area contributed by atoms with E-state index in [0.29, 0.717) is 19.1 Å². The molecule has 116 valence electrons. The molecule has 4 nitrogen and oxygen atoms in total. The number of nitrogens with zero attached hydrogens (tertiary/aromatic N) is 1. The maximum Gasteiger partial charge on any atom is 0.330 e. The highest BCUT2D eigenvalue weighted by molar-refractivity contribution is 5.75. The minimum absolute atomic E-state index is 0.201. The molecule has 0 aromatic heterocycles. The predicted molar refractivity (Wildman–Crippen MR) is 80.2 cm³/mol. The van der Waals surface area contributed by atoms with Crippen LogP contribution in [0.3, 0.4) is 0 Å². The molecule has 0 amide bonds. The molecule has 0 unspecified atom stereocenters. The molecule has 1 heterocycles. The average molecular weight is 294 g/mol. The maximum atomic E-state index is 12.9. The second-order valence-corrected chi connectivity index (χ2v) is 6.48. The van der Waals surface area contributed by atoms with Gasteiger partial charge in [0.05, 0.1) is 5.41 Å². The van der Waals surface area contributed by atoms with Gasteiger partial charge in [0.25, 0.3) is 0 Å². The molecule has 0 radical (unpaired) electrons. The van der Waals surface area contributed by atoms with E-state index in [1.165, 1.54) is 12.1 Å². The van der Waals surface area contributed by atoms with E-state index in [1.54, 1.807) is 17.2 Å². The average Bonchev–Trinajstić information content (AvgIpc) is 2.42. The van der Waals surface area contributed by atoms with Crippen LogP contribution in [0.2, 0.25) is 0 Å². The summed E-state index contributed by atoms with van der Waals surface area (Å²) in [4.78, 5) is 17.2. The third-order valence-electron chi connectivity index (χ3n) is 3.49. The van der Waals surface area contributed by atoms with Gasteiger partial charge in [-0.2, -0.15) is 0 Å². The lowest BCUT2D eigenvalue weighted by Gasteiger charge is -2.32. The Morgan fingerprint density at radius 1 is 1.24 bits per heavy atom. The Labute approximate surface area is 125 Å². The van der Waals surface area contributed by atoms with Crippen LogP contribution >= 0.6 is 0 Å². The zero-order valence-corrected chi connectivity index (χ0v) is 12.9. The number of carbonyl (C=O) groups excluding carboxylic acids is 1. The van der Waals surface area contributed by atoms with Gasteiger partial charge in [-0.05, 0) is 57.9 Å². The van der Waals surface area contributed by atoms with Crippen LogP contribution in [-0.2, 0) is 9.63 Å². The number of rotatable bonds is 3. The molecule has 5 heteroatoms. The number of anilines is 1. The van der Waals surface area contributed by atoms with Gasteiger partial charge in [-0.1, -0.05) is 0 Å². The van der Waals surface area contributed by atoms with E-state index in [4.69, 9.17) is 4.84 Å². The molecule has 0 aliphatic carbocycles. The molecule has 1 aliphatic rings. The standard InChI is InChI=1S/C16H23FN2O2/c1-16(2,3)15(20)21-19-10-8-14(9-11-19)18-13-6-4-12(17)5-7-13/h4-7,14,18H,8-11H2,1-3H3. The van der Waals surface area contributed by atoms with Crippen molar-refractivity contribution in [1.29, 1.82) is 0 Å². The Morgan fingerprint density at radius 3 is 2.33 bits per heavy atom. The maximum absolute atomic E-state index is 12.9. The Balaban J connectivity index is 1.78. The van der Waals surface area contributed by atoms with Crippen LogP contribution in [0.1, 0.15) is 33.6 Å². The summed E-state index contributed by atoms with van der Waals surface area (Å²) >= 11 is 0. The number of hydrogen-bond acceptors (Lipinski definition) is 4. The summed E-state index contributed by atoms with van der Waals surface area (Å²) in [6, 6.07) is 6.69. The molecule has 1 aliphatic heterocycles. The Morgan fingerprint density at radius 2 is 1.81 bits per heavy atom. The Kier molecular flexibility index (Phi) is 4.83. The summed E-state index contributed by atoms with van der Waals surface area (Å²) < 4.78 is 12.9. The third kappa shape index (κ3) is 4.70. The summed E-state index contributed by atoms with van der Waals surface area (Å²) in [6.07, 6.45) is 1.77. The highest BCUT2D eigenvalue weighted by Gasteiger charge is 2.28.